The molecular weight excluding hydrogens is 397 g/mol. The molecule has 0 amide bonds. The lowest BCUT2D eigenvalue weighted by molar-refractivity contribution is -0.141. The minimum atomic E-state index is -4.61. The fourth-order valence-corrected chi connectivity index (χ4v) is 3.60. The van der Waals surface area contributed by atoms with E-state index in [1.54, 1.807) is 35.0 Å². The van der Waals surface area contributed by atoms with Crippen molar-refractivity contribution in [2.24, 2.45) is 7.05 Å². The summed E-state index contributed by atoms with van der Waals surface area (Å²) in [6, 6.07) is 3.84. The van der Waals surface area contributed by atoms with Crippen molar-refractivity contribution in [3.8, 4) is 11.4 Å². The van der Waals surface area contributed by atoms with Gasteiger partial charge in [-0.3, -0.25) is 14.5 Å². The molecule has 0 saturated carbocycles. The summed E-state index contributed by atoms with van der Waals surface area (Å²) in [6.45, 7) is 0.523. The molecule has 0 aromatic carbocycles. The van der Waals surface area contributed by atoms with E-state index < -0.39 is 11.9 Å². The van der Waals surface area contributed by atoms with E-state index in [1.807, 2.05) is 0 Å². The number of anilines is 1. The third-order valence-corrected chi connectivity index (χ3v) is 5.06. The van der Waals surface area contributed by atoms with Crippen LogP contribution < -0.4 is 4.90 Å². The largest absolute Gasteiger partial charge is 0.433 e. The van der Waals surface area contributed by atoms with Crippen molar-refractivity contribution in [1.29, 1.82) is 0 Å². The number of ketones is 1. The first-order valence-electron chi connectivity index (χ1n) is 9.46. The van der Waals surface area contributed by atoms with E-state index in [0.717, 1.165) is 12.5 Å². The van der Waals surface area contributed by atoms with E-state index in [2.05, 4.69) is 20.1 Å². The van der Waals surface area contributed by atoms with Gasteiger partial charge >= 0.3 is 6.18 Å². The van der Waals surface area contributed by atoms with E-state index in [-0.39, 0.29) is 29.9 Å². The van der Waals surface area contributed by atoms with Gasteiger partial charge < -0.3 is 4.90 Å². The summed E-state index contributed by atoms with van der Waals surface area (Å²) < 4.78 is 42.0. The third kappa shape index (κ3) is 4.17. The molecule has 4 rings (SSSR count). The van der Waals surface area contributed by atoms with Crippen molar-refractivity contribution >= 4 is 11.6 Å². The Labute approximate surface area is 170 Å². The summed E-state index contributed by atoms with van der Waals surface area (Å²) in [5.74, 6) is 0.0524. The summed E-state index contributed by atoms with van der Waals surface area (Å²) in [5, 5.41) is 4.00. The van der Waals surface area contributed by atoms with Crippen LogP contribution in [0.25, 0.3) is 11.4 Å². The highest BCUT2D eigenvalue weighted by Crippen LogP contribution is 2.34. The highest BCUT2D eigenvalue weighted by Gasteiger charge is 2.36. The number of halogens is 3. The number of hydrogen-bond donors (Lipinski definition) is 0. The molecule has 1 unspecified atom stereocenters. The van der Waals surface area contributed by atoms with Gasteiger partial charge in [0.1, 0.15) is 5.82 Å². The molecule has 1 aliphatic rings. The number of aromatic nitrogens is 5. The number of Topliss-reactive ketones (excluding diaryl/α,β-unsaturated/α-hetero) is 1. The quantitative estimate of drug-likeness (QED) is 0.593. The molecule has 3 aromatic heterocycles. The molecule has 0 spiro atoms. The Morgan fingerprint density at radius 1 is 1.23 bits per heavy atom. The summed E-state index contributed by atoms with van der Waals surface area (Å²) in [6.07, 6.45) is 3.11. The van der Waals surface area contributed by atoms with Gasteiger partial charge in [0.05, 0.1) is 11.8 Å². The highest BCUT2D eigenvalue weighted by molar-refractivity contribution is 5.96. The zero-order valence-electron chi connectivity index (χ0n) is 16.2. The van der Waals surface area contributed by atoms with Gasteiger partial charge in [0.25, 0.3) is 0 Å². The van der Waals surface area contributed by atoms with Gasteiger partial charge in [-0.1, -0.05) is 0 Å². The van der Waals surface area contributed by atoms with E-state index in [1.165, 1.54) is 18.6 Å². The number of nitrogens with zero attached hydrogens (tertiary/aromatic N) is 6. The van der Waals surface area contributed by atoms with Crippen LogP contribution in [0.1, 0.15) is 35.3 Å². The summed E-state index contributed by atoms with van der Waals surface area (Å²) in [4.78, 5) is 26.4. The maximum atomic E-state index is 13.5. The molecule has 0 radical (unpaired) electrons. The van der Waals surface area contributed by atoms with Crippen LogP contribution in [0.3, 0.4) is 0 Å². The number of pyridine rings is 1. The summed E-state index contributed by atoms with van der Waals surface area (Å²) >= 11 is 0. The topological polar surface area (TPSA) is 76.8 Å². The maximum Gasteiger partial charge on any atom is 0.433 e. The second-order valence-electron chi connectivity index (χ2n) is 7.19. The van der Waals surface area contributed by atoms with E-state index >= 15 is 0 Å². The Morgan fingerprint density at radius 3 is 2.67 bits per heavy atom. The minimum absolute atomic E-state index is 0.0218. The number of carbonyl (C=O) groups is 1. The van der Waals surface area contributed by atoms with Gasteiger partial charge in [-0.2, -0.15) is 18.3 Å². The molecule has 1 fully saturated rings. The van der Waals surface area contributed by atoms with E-state index in [4.69, 9.17) is 0 Å². The van der Waals surface area contributed by atoms with Crippen molar-refractivity contribution in [2.75, 3.05) is 11.4 Å². The lowest BCUT2D eigenvalue weighted by Gasteiger charge is -2.26. The fraction of sp³-hybridized carbons (Fsp3) is 0.350. The van der Waals surface area contributed by atoms with Crippen molar-refractivity contribution in [2.45, 2.75) is 31.5 Å². The second kappa shape index (κ2) is 7.85. The second-order valence-corrected chi connectivity index (χ2v) is 7.19. The van der Waals surface area contributed by atoms with Gasteiger partial charge in [-0.25, -0.2) is 9.97 Å². The van der Waals surface area contributed by atoms with Gasteiger partial charge in [-0.15, -0.1) is 0 Å². The summed E-state index contributed by atoms with van der Waals surface area (Å²) in [5.41, 5.74) is -0.0800. The zero-order valence-corrected chi connectivity index (χ0v) is 16.2. The molecular formula is C20H19F3N6O. The normalized spacial score (nSPS) is 16.8. The zero-order chi connectivity index (χ0) is 21.3. The van der Waals surface area contributed by atoms with Crippen LogP contribution in [-0.4, -0.2) is 43.1 Å². The first kappa shape index (κ1) is 20.0. The highest BCUT2D eigenvalue weighted by atomic mass is 19.4. The number of hydrogen-bond acceptors (Lipinski definition) is 6. The molecule has 10 heteroatoms. The molecule has 30 heavy (non-hydrogen) atoms. The molecule has 1 saturated heterocycles. The van der Waals surface area contributed by atoms with Gasteiger partial charge in [0, 0.05) is 56.3 Å². The number of carbonyl (C=O) groups excluding carboxylic acids is 1. The molecule has 1 atom stereocenters. The molecule has 0 N–H and O–H groups in total. The monoisotopic (exact) mass is 416 g/mol. The molecule has 4 heterocycles. The smallest absolute Gasteiger partial charge is 0.353 e. The van der Waals surface area contributed by atoms with Crippen LogP contribution >= 0.6 is 0 Å². The Kier molecular flexibility index (Phi) is 5.23. The van der Waals surface area contributed by atoms with Gasteiger partial charge in [-0.05, 0) is 25.0 Å². The Morgan fingerprint density at radius 2 is 2.00 bits per heavy atom. The van der Waals surface area contributed by atoms with Crippen LogP contribution in [-0.2, 0) is 13.2 Å². The maximum absolute atomic E-state index is 13.5. The molecule has 0 bridgehead atoms. The van der Waals surface area contributed by atoms with E-state index in [9.17, 15) is 18.0 Å². The lowest BCUT2D eigenvalue weighted by atomic mass is 10.0. The predicted octanol–water partition coefficient (Wildman–Crippen LogP) is 3.53. The average molecular weight is 416 g/mol. The molecule has 156 valence electrons. The van der Waals surface area contributed by atoms with Crippen LogP contribution in [0.4, 0.5) is 19.0 Å². The average Bonchev–Trinajstić information content (AvgIpc) is 3.36. The first-order chi connectivity index (χ1) is 14.3. The number of rotatable bonds is 5. The molecule has 7 nitrogen and oxygen atoms in total. The first-order valence-corrected chi connectivity index (χ1v) is 9.46. The van der Waals surface area contributed by atoms with Gasteiger partial charge in [0.2, 0.25) is 0 Å². The molecule has 3 aromatic rings. The molecule has 1 aliphatic heterocycles. The molecule has 0 aliphatic carbocycles. The fourth-order valence-electron chi connectivity index (χ4n) is 3.60. The van der Waals surface area contributed by atoms with Crippen molar-refractivity contribution in [3.63, 3.8) is 0 Å². The van der Waals surface area contributed by atoms with Crippen LogP contribution in [0, 0.1) is 0 Å². The van der Waals surface area contributed by atoms with Crippen molar-refractivity contribution in [1.82, 2.24) is 24.7 Å². The van der Waals surface area contributed by atoms with Crippen molar-refractivity contribution in [3.05, 3.63) is 54.2 Å². The van der Waals surface area contributed by atoms with E-state index in [0.29, 0.717) is 24.1 Å². The standard InChI is InChI=1S/C20H19F3N6O/c1-28-12-14(11-25-28)16(30)9-15-3-2-8-29(15)18-10-17(20(21,22)23)26-19(27-18)13-4-6-24-7-5-13/h4-7,10-12,15H,2-3,8-9H2,1H3. The Hall–Kier alpha value is -3.30. The van der Waals surface area contributed by atoms with Crippen LogP contribution in [0.2, 0.25) is 0 Å². The SMILES string of the molecule is Cn1cc(C(=O)CC2CCCN2c2cc(C(F)(F)F)nc(-c3ccncc3)n2)cn1. The Balaban J connectivity index is 1.66. The summed E-state index contributed by atoms with van der Waals surface area (Å²) in [7, 11) is 1.72. The van der Waals surface area contributed by atoms with Crippen LogP contribution in [0.15, 0.2) is 43.0 Å². The Bertz CT molecular complexity index is 1050. The van der Waals surface area contributed by atoms with Crippen molar-refractivity contribution < 1.29 is 18.0 Å². The van der Waals surface area contributed by atoms with Crippen LogP contribution in [0.5, 0.6) is 0 Å². The third-order valence-electron chi connectivity index (χ3n) is 5.06. The number of alkyl halides is 3. The number of aryl methyl sites for hydroxylation is 1. The lowest BCUT2D eigenvalue weighted by Crippen LogP contribution is -2.32. The predicted molar refractivity (Wildman–Crippen MR) is 103 cm³/mol. The van der Waals surface area contributed by atoms with Gasteiger partial charge in [0.15, 0.2) is 17.3 Å². The minimum Gasteiger partial charge on any atom is -0.353 e.